The van der Waals surface area contributed by atoms with E-state index in [0.717, 1.165) is 77.2 Å². The number of thiocarbonyl (C=S) groups is 3. The maximum absolute atomic E-state index is 11.7. The van der Waals surface area contributed by atoms with Crippen LogP contribution in [0.1, 0.15) is 155 Å². The van der Waals surface area contributed by atoms with E-state index in [1.807, 2.05) is 63.8 Å². The fourth-order valence-corrected chi connectivity index (χ4v) is 10.5. The van der Waals surface area contributed by atoms with Gasteiger partial charge in [-0.1, -0.05) is 103 Å². The zero-order chi connectivity index (χ0) is 87.7. The number of thioether (sulfide) groups is 3. The second-order valence-corrected chi connectivity index (χ2v) is 39.5. The maximum Gasteiger partial charge on any atom is 1.00 e. The van der Waals surface area contributed by atoms with Crippen LogP contribution in [0, 0.1) is 0 Å². The van der Waals surface area contributed by atoms with Crippen molar-refractivity contribution in [1.29, 1.82) is 0 Å². The van der Waals surface area contributed by atoms with Gasteiger partial charge in [0.05, 0.1) is 78.5 Å². The second kappa shape index (κ2) is 104. The molecule has 0 bridgehead atoms. The van der Waals surface area contributed by atoms with Gasteiger partial charge in [0.25, 0.3) is 0 Å². The van der Waals surface area contributed by atoms with Crippen molar-refractivity contribution in [2.24, 2.45) is 27.8 Å². The summed E-state index contributed by atoms with van der Waals surface area (Å²) in [6.45, 7) is 34.4. The number of ether oxygens (including phenoxy) is 3. The Morgan fingerprint density at radius 2 is 0.875 bits per heavy atom. The molecule has 1 aromatic rings. The van der Waals surface area contributed by atoms with Crippen LogP contribution in [0.15, 0.2) is 39.5 Å². The summed E-state index contributed by atoms with van der Waals surface area (Å²) in [5.74, 6) is -0.406. The van der Waals surface area contributed by atoms with Gasteiger partial charge in [0, 0.05) is 86.3 Å². The van der Waals surface area contributed by atoms with Gasteiger partial charge in [0.15, 0.2) is 8.32 Å². The number of halogens is 3. The molecule has 43 heteroatoms. The van der Waals surface area contributed by atoms with Crippen LogP contribution in [0.3, 0.4) is 0 Å². The third-order valence-electron chi connectivity index (χ3n) is 10.9. The summed E-state index contributed by atoms with van der Waals surface area (Å²) < 4.78 is 23.9. The van der Waals surface area contributed by atoms with Crippen LogP contribution < -0.4 is 72.5 Å². The standard InChI is InChI=1S/C16H29N3O5S2.C15H25N3O4S2.C7H10N2O2.C7H15NO2S2.C5H10BrNO2.C5H15NOSi.C5H7N.C3H4Br2O.C2H6O.C2H4S2.C2H6.Na.H2/c1-12(26-13(2)25)14(20)17-10-11-24-16(22)19-9-7-5-4-6-8-18-15(21)23-3;1-12(24-13(2)23)14(20)17-9-10-22-15(21)18-8-6-4-3-5-7-16-11-19;10-6-8-4-2-1-3-5-9-7-11;1-5(12-6(2)11)7(10)8-3-4-9;1-4(6)5(9)7-2-3-8;1-8(2,3)7-5-4-6;1-6-4-2-3-5-6;1-2(4)3(5)6;1-2-3;1-2(3)4;1-2;;/h12H,4-11H2,1-3H3,(H,17,20)(H,18,21)(H,19,22);12H,3-10H2,1-2H3,(H,17,20)(H,18,21);1-5H2;5-6,9,11H,3-4H2,1-2H3,(H,8,10);4,8H,2-3H2,1H3,(H,7,9);4-6H2,1-3H3;2-5H,1H3;2H,1H3;3H,2H2,1H3;1H3,(H,3,4);1-2H3;;1H/q;;;;;;;;;;;+1;/p-1. The Hall–Kier alpha value is -2.87. The largest absolute Gasteiger partial charge is 1.00 e. The van der Waals surface area contributed by atoms with Gasteiger partial charge in [-0.25, -0.2) is 43.7 Å². The third-order valence-corrected chi connectivity index (χ3v) is 17.9. The van der Waals surface area contributed by atoms with E-state index in [1.165, 1.54) is 60.6 Å². The summed E-state index contributed by atoms with van der Waals surface area (Å²) >= 11 is 35.7. The average Bonchev–Trinajstić information content (AvgIpc) is 1.98. The molecule has 1 heterocycles. The number of unbranched alkanes of at least 4 members (excludes halogenated alkanes) is 8. The van der Waals surface area contributed by atoms with Crippen LogP contribution in [-0.4, -0.2) is 254 Å². The predicted octanol–water partition coefficient (Wildman–Crippen LogP) is 8.28. The van der Waals surface area contributed by atoms with E-state index in [1.54, 1.807) is 55.4 Å². The van der Waals surface area contributed by atoms with Crippen molar-refractivity contribution in [3.05, 3.63) is 24.5 Å². The number of nitrogens with zero attached hydrogens (tertiary/aromatic N) is 4. The Morgan fingerprint density at radius 1 is 0.571 bits per heavy atom. The number of isocyanates is 3. The number of nitrogens with two attached hydrogens (primary N) is 1. The van der Waals surface area contributed by atoms with E-state index in [2.05, 4.69) is 162 Å². The molecule has 6 atom stereocenters. The SMILES string of the molecule is CC.CC(=S)SC(C)C(=O)NCCOC(=O)NCCCCCCN=C=O.CC(=S)[S-].CC(Br)C(=O)Br.CC(Br)C(=O)NCCO.CC(S)SC(C)C(=O)NCCO.CCO.COC(=O)NCCCCCCNC(=O)OCCNC(=O)C(C)SC(C)=S.C[Si](C)(C)OCCN.Cn1cccc1.O=C=NCCCCCN=C=O.[HH].[Na+]. The normalized spacial score (nSPS) is 10.9. The molecule has 0 radical (unpaired) electrons. The fourth-order valence-electron chi connectivity index (χ4n) is 6.03. The van der Waals surface area contributed by atoms with Crippen molar-refractivity contribution in [3.63, 3.8) is 0 Å². The van der Waals surface area contributed by atoms with Gasteiger partial charge >= 0.3 is 47.8 Å². The Labute approximate surface area is 757 Å². The van der Waals surface area contributed by atoms with Crippen LogP contribution in [0.4, 0.5) is 14.4 Å². The van der Waals surface area contributed by atoms with Crippen LogP contribution in [-0.2, 0) is 76.7 Å². The number of rotatable bonds is 42. The number of methoxy groups -OCH3 is 1. The van der Waals surface area contributed by atoms with Crippen LogP contribution in [0.2, 0.25) is 19.6 Å². The minimum atomic E-state index is -1.26. The van der Waals surface area contributed by atoms with Crippen molar-refractivity contribution in [2.75, 3.05) is 119 Å². The smallest absolute Gasteiger partial charge is 0.453 e. The van der Waals surface area contributed by atoms with Gasteiger partial charge in [-0.2, -0.15) is 16.8 Å². The first kappa shape index (κ1) is 133. The molecule has 12 N–H and O–H groups in total. The van der Waals surface area contributed by atoms with Crippen molar-refractivity contribution in [2.45, 2.75) is 203 Å². The second-order valence-electron chi connectivity index (χ2n) is 22.3. The zero-order valence-corrected chi connectivity index (χ0v) is 83.2. The molecule has 0 fully saturated rings. The Bertz CT molecular complexity index is 2620. The van der Waals surface area contributed by atoms with Crippen LogP contribution in [0.25, 0.3) is 0 Å². The molecule has 7 amide bonds. The van der Waals surface area contributed by atoms with Gasteiger partial charge < -0.3 is 106 Å². The minimum absolute atomic E-state index is 0. The number of nitrogens with one attached hydrogen (secondary N) is 7. The van der Waals surface area contributed by atoms with E-state index in [-0.39, 0.29) is 135 Å². The van der Waals surface area contributed by atoms with Crippen molar-refractivity contribution >= 4 is 231 Å². The zero-order valence-electron chi connectivity index (χ0n) is 68.8. The van der Waals surface area contributed by atoms with Crippen LogP contribution >= 0.6 is 132 Å². The molecule has 30 nitrogen and oxygen atoms in total. The number of aromatic nitrogens is 1. The van der Waals surface area contributed by atoms with Gasteiger partial charge in [0.1, 0.15) is 13.2 Å². The summed E-state index contributed by atoms with van der Waals surface area (Å²) in [5, 5.41) is 42.0. The molecule has 0 saturated heterocycles. The molecule has 1 aromatic heterocycles. The number of carbonyl (C=O) groups is 8. The molecule has 0 aromatic carbocycles. The van der Waals surface area contributed by atoms with E-state index in [4.69, 9.17) is 59.4 Å². The monoisotopic (exact) mass is 1960 g/mol. The number of alkyl carbamates (subject to hydrolysis) is 3. The number of hydrogen-bond acceptors (Lipinski definition) is 30. The van der Waals surface area contributed by atoms with Crippen molar-refractivity contribution < 1.29 is 118 Å². The molecule has 6 unspecified atom stereocenters. The third kappa shape index (κ3) is 136. The first-order valence-electron chi connectivity index (χ1n) is 35.7. The van der Waals surface area contributed by atoms with E-state index < -0.39 is 26.6 Å². The number of thiol groups is 1. The number of aliphatic hydroxyl groups is 3. The molecule has 0 aliphatic rings. The Morgan fingerprint density at radius 3 is 1.12 bits per heavy atom. The number of hydrogen-bond donors (Lipinski definition) is 12. The Kier molecular flexibility index (Phi) is 123. The summed E-state index contributed by atoms with van der Waals surface area (Å²) in [4.78, 5) is 128. The van der Waals surface area contributed by atoms with E-state index in [0.29, 0.717) is 71.5 Å². The Balaban J connectivity index is -0.000000106. The van der Waals surface area contributed by atoms with Crippen molar-refractivity contribution in [3.8, 4) is 0 Å². The van der Waals surface area contributed by atoms with Crippen LogP contribution in [0.5, 0.6) is 0 Å². The molecular formula is C69H132Br3N12NaO18S8Si. The number of carbonyl (C=O) groups excluding carboxylic acids is 11. The topological polar surface area (TPSA) is 438 Å². The maximum atomic E-state index is 11.7. The first-order chi connectivity index (χ1) is 52.2. The molecule has 0 spiro atoms. The summed E-state index contributed by atoms with van der Waals surface area (Å²) in [5.41, 5.74) is 5.23. The quantitative estimate of drug-likeness (QED) is 0.00250. The summed E-state index contributed by atoms with van der Waals surface area (Å²) in [7, 11) is 2.07. The van der Waals surface area contributed by atoms with Gasteiger partial charge in [-0.3, -0.25) is 24.0 Å². The average molecular weight is 1970 g/mol. The van der Waals surface area contributed by atoms with Crippen molar-refractivity contribution in [1.82, 2.24) is 41.8 Å². The summed E-state index contributed by atoms with van der Waals surface area (Å²) in [6, 6.07) is 4.00. The fraction of sp³-hybridized carbons (Fsp3) is 0.739. The number of amides is 7. The molecular weight excluding hydrogens is 1830 g/mol. The number of aliphatic imine (C=N–C) groups is 3. The predicted molar refractivity (Wildman–Crippen MR) is 488 cm³/mol. The van der Waals surface area contributed by atoms with E-state index >= 15 is 0 Å². The molecule has 650 valence electrons. The minimum Gasteiger partial charge on any atom is -0.453 e. The van der Waals surface area contributed by atoms with Gasteiger partial charge in [0.2, 0.25) is 46.6 Å². The van der Waals surface area contributed by atoms with Gasteiger partial charge in [-0.15, -0.1) is 35.3 Å². The number of aliphatic hydroxyl groups excluding tert-OH is 3. The van der Waals surface area contributed by atoms with E-state index in [9.17, 15) is 52.7 Å². The summed E-state index contributed by atoms with van der Waals surface area (Å²) in [6.07, 6.45) is 16.8. The molecule has 112 heavy (non-hydrogen) atoms. The molecule has 0 aliphatic carbocycles. The molecule has 0 saturated carbocycles. The number of aryl methyl sites for hydroxylation is 1. The molecule has 0 aliphatic heterocycles. The van der Waals surface area contributed by atoms with Gasteiger partial charge in [-0.05, 0) is 155 Å². The number of alkyl halides is 2. The first-order valence-corrected chi connectivity index (χ1v) is 46.6. The molecule has 1 rings (SSSR count).